The van der Waals surface area contributed by atoms with E-state index in [9.17, 15) is 21.6 Å². The summed E-state index contributed by atoms with van der Waals surface area (Å²) in [5.41, 5.74) is 0.857. The van der Waals surface area contributed by atoms with E-state index in [1.54, 1.807) is 0 Å². The molecule has 37 heavy (non-hydrogen) atoms. The molecule has 0 bridgehead atoms. The smallest absolute Gasteiger partial charge is 0.406 e. The van der Waals surface area contributed by atoms with E-state index in [4.69, 9.17) is 0 Å². The predicted molar refractivity (Wildman–Crippen MR) is 139 cm³/mol. The van der Waals surface area contributed by atoms with Crippen molar-refractivity contribution in [2.45, 2.75) is 43.0 Å². The zero-order valence-electron chi connectivity index (χ0n) is 20.2. The highest BCUT2D eigenvalue weighted by Gasteiger charge is 2.32. The molecular weight excluding hydrogens is 575 g/mol. The summed E-state index contributed by atoms with van der Waals surface area (Å²) in [5.74, 6) is 1.03. The van der Waals surface area contributed by atoms with Gasteiger partial charge in [-0.05, 0) is 77.9 Å². The van der Waals surface area contributed by atoms with Gasteiger partial charge in [0.1, 0.15) is 11.6 Å². The number of rotatable bonds is 8. The van der Waals surface area contributed by atoms with Gasteiger partial charge in [-0.1, -0.05) is 12.1 Å². The number of anilines is 2. The normalized spacial score (nSPS) is 18.5. The largest absolute Gasteiger partial charge is 0.573 e. The van der Waals surface area contributed by atoms with Crippen LogP contribution in [0.2, 0.25) is 0 Å². The third kappa shape index (κ3) is 7.02. The van der Waals surface area contributed by atoms with E-state index < -0.39 is 22.1 Å². The Morgan fingerprint density at radius 1 is 1.08 bits per heavy atom. The lowest BCUT2D eigenvalue weighted by atomic mass is 9.86. The molecule has 0 aliphatic heterocycles. The molecule has 3 aromatic rings. The summed E-state index contributed by atoms with van der Waals surface area (Å²) in [6.07, 6.45) is -1.61. The lowest BCUT2D eigenvalue weighted by Crippen LogP contribution is -2.34. The molecule has 1 saturated carbocycles. The van der Waals surface area contributed by atoms with Crippen LogP contribution in [0.5, 0.6) is 5.75 Å². The van der Waals surface area contributed by atoms with Crippen LogP contribution in [-0.2, 0) is 10.0 Å². The van der Waals surface area contributed by atoms with Gasteiger partial charge in [-0.25, -0.2) is 18.1 Å². The van der Waals surface area contributed by atoms with Gasteiger partial charge < -0.3 is 15.0 Å². The Labute approximate surface area is 221 Å². The second kappa shape index (κ2) is 11.0. The first-order chi connectivity index (χ1) is 17.4. The van der Waals surface area contributed by atoms with Gasteiger partial charge in [0.15, 0.2) is 0 Å². The van der Waals surface area contributed by atoms with Crippen molar-refractivity contribution in [3.05, 3.63) is 46.9 Å². The highest BCUT2D eigenvalue weighted by Crippen LogP contribution is 2.31. The van der Waals surface area contributed by atoms with Crippen molar-refractivity contribution in [2.24, 2.45) is 5.92 Å². The number of benzene rings is 2. The number of nitrogens with zero attached hydrogens (tertiary/aromatic N) is 3. The predicted octanol–water partition coefficient (Wildman–Crippen LogP) is 5.31. The van der Waals surface area contributed by atoms with Crippen molar-refractivity contribution < 1.29 is 26.3 Å². The number of aromatic nitrogens is 2. The number of alkyl halides is 3. The highest BCUT2D eigenvalue weighted by molar-refractivity contribution is 9.10. The summed E-state index contributed by atoms with van der Waals surface area (Å²) in [6, 6.07) is 11.0. The first-order valence-corrected chi connectivity index (χ1v) is 13.9. The first kappa shape index (κ1) is 27.4. The van der Waals surface area contributed by atoms with Crippen molar-refractivity contribution in [3.8, 4) is 5.75 Å². The van der Waals surface area contributed by atoms with Crippen molar-refractivity contribution in [3.63, 3.8) is 0 Å². The van der Waals surface area contributed by atoms with Gasteiger partial charge in [0.2, 0.25) is 16.0 Å². The number of fused-ring (bicyclic) bond motifs is 1. The van der Waals surface area contributed by atoms with Crippen molar-refractivity contribution in [1.82, 2.24) is 14.7 Å². The Bertz CT molecular complexity index is 1360. The monoisotopic (exact) mass is 601 g/mol. The minimum atomic E-state index is -4.86. The van der Waals surface area contributed by atoms with E-state index in [0.717, 1.165) is 60.6 Å². The van der Waals surface area contributed by atoms with Crippen LogP contribution < -0.4 is 19.7 Å². The minimum absolute atomic E-state index is 0.0119. The number of sulfonamides is 1. The fourth-order valence-corrected chi connectivity index (χ4v) is 6.53. The molecule has 0 saturated heterocycles. The molecule has 13 heteroatoms. The third-order valence-corrected chi connectivity index (χ3v) is 8.58. The van der Waals surface area contributed by atoms with E-state index in [1.165, 1.54) is 0 Å². The van der Waals surface area contributed by atoms with Crippen LogP contribution in [0, 0.1) is 5.92 Å². The molecule has 2 aromatic carbocycles. The van der Waals surface area contributed by atoms with Gasteiger partial charge in [0, 0.05) is 36.5 Å². The van der Waals surface area contributed by atoms with Gasteiger partial charge in [0.25, 0.3) is 0 Å². The molecule has 0 unspecified atom stereocenters. The fraction of sp³-hybridized carbons (Fsp3) is 0.417. The van der Waals surface area contributed by atoms with Gasteiger partial charge in [0.05, 0.1) is 10.4 Å². The lowest BCUT2D eigenvalue weighted by molar-refractivity contribution is -0.274. The molecule has 4 rings (SSSR count). The van der Waals surface area contributed by atoms with E-state index in [-0.39, 0.29) is 27.9 Å². The molecule has 1 fully saturated rings. The van der Waals surface area contributed by atoms with Crippen molar-refractivity contribution in [2.75, 3.05) is 30.9 Å². The second-order valence-corrected chi connectivity index (χ2v) is 11.7. The van der Waals surface area contributed by atoms with Crippen molar-refractivity contribution >= 4 is 48.6 Å². The Balaban J connectivity index is 1.33. The van der Waals surface area contributed by atoms with E-state index in [2.05, 4.69) is 40.7 Å². The average molecular weight is 602 g/mol. The minimum Gasteiger partial charge on any atom is -0.406 e. The van der Waals surface area contributed by atoms with Crippen LogP contribution in [0.4, 0.5) is 24.9 Å². The number of ether oxygens (including phenoxy) is 1. The summed E-state index contributed by atoms with van der Waals surface area (Å²) in [7, 11) is -0.0435. The average Bonchev–Trinajstić information content (AvgIpc) is 2.82. The first-order valence-electron chi connectivity index (χ1n) is 11.7. The molecule has 200 valence electrons. The highest BCUT2D eigenvalue weighted by atomic mass is 79.9. The molecule has 0 spiro atoms. The van der Waals surface area contributed by atoms with Gasteiger partial charge in [-0.2, -0.15) is 4.98 Å². The number of nitrogens with one attached hydrogen (secondary N) is 2. The molecular formula is C24H27BrF3N5O3S. The Morgan fingerprint density at radius 2 is 1.78 bits per heavy atom. The Kier molecular flexibility index (Phi) is 8.14. The van der Waals surface area contributed by atoms with E-state index in [0.29, 0.717) is 5.95 Å². The maximum absolute atomic E-state index is 12.8. The molecule has 0 radical (unpaired) electrons. The summed E-state index contributed by atoms with van der Waals surface area (Å²) in [4.78, 5) is 11.1. The van der Waals surface area contributed by atoms with E-state index in [1.807, 2.05) is 43.3 Å². The van der Waals surface area contributed by atoms with Crippen LogP contribution in [-0.4, -0.2) is 51.4 Å². The van der Waals surface area contributed by atoms with E-state index >= 15 is 0 Å². The number of hydrogen-bond donors (Lipinski definition) is 2. The maximum Gasteiger partial charge on any atom is 0.573 e. The number of para-hydroxylation sites is 1. The zero-order chi connectivity index (χ0) is 26.8. The van der Waals surface area contributed by atoms with Crippen LogP contribution in [0.3, 0.4) is 0 Å². The number of hydrogen-bond acceptors (Lipinski definition) is 7. The topological polar surface area (TPSA) is 96.5 Å². The maximum atomic E-state index is 12.8. The Morgan fingerprint density at radius 3 is 2.43 bits per heavy atom. The van der Waals surface area contributed by atoms with Crippen LogP contribution >= 0.6 is 15.9 Å². The van der Waals surface area contributed by atoms with Crippen LogP contribution in [0.15, 0.2) is 51.8 Å². The van der Waals surface area contributed by atoms with Crippen LogP contribution in [0.1, 0.15) is 25.7 Å². The molecule has 1 aromatic heterocycles. The lowest BCUT2D eigenvalue weighted by Gasteiger charge is -2.29. The molecule has 8 nitrogen and oxygen atoms in total. The summed E-state index contributed by atoms with van der Waals surface area (Å²) < 4.78 is 69.2. The van der Waals surface area contributed by atoms with Gasteiger partial charge >= 0.3 is 6.36 Å². The molecule has 0 amide bonds. The molecule has 0 atom stereocenters. The molecule has 1 aliphatic carbocycles. The Hall–Kier alpha value is -2.64. The summed E-state index contributed by atoms with van der Waals surface area (Å²) in [6.45, 7) is 0.236. The van der Waals surface area contributed by atoms with Crippen LogP contribution in [0.25, 0.3) is 10.9 Å². The molecule has 1 heterocycles. The molecule has 2 N–H and O–H groups in total. The fourth-order valence-electron chi connectivity index (χ4n) is 4.36. The summed E-state index contributed by atoms with van der Waals surface area (Å²) in [5, 5.41) is 4.41. The summed E-state index contributed by atoms with van der Waals surface area (Å²) >= 11 is 3.04. The number of halogens is 4. The SMILES string of the molecule is CN(C)c1nc(NC2CCC(CNS(=O)(=O)c3ccc(OC(F)(F)F)cc3Br)CC2)nc2ccccc12. The zero-order valence-corrected chi connectivity index (χ0v) is 22.6. The standard InChI is InChI=1S/C24H27BrF3N5O3S/c1-33(2)22-18-5-3-4-6-20(18)31-23(32-22)30-16-9-7-15(8-10-16)14-29-37(34,35)21-12-11-17(13-19(21)25)36-24(26,27)28/h3-6,11-13,15-16,29H,7-10,14H2,1-2H3,(H,30,31,32). The third-order valence-electron chi connectivity index (χ3n) is 6.18. The second-order valence-electron chi connectivity index (χ2n) is 9.14. The van der Waals surface area contributed by atoms with Crippen molar-refractivity contribution in [1.29, 1.82) is 0 Å². The molecule has 1 aliphatic rings. The quantitative estimate of drug-likeness (QED) is 0.361. The van der Waals surface area contributed by atoms with Gasteiger partial charge in [-0.15, -0.1) is 13.2 Å². The van der Waals surface area contributed by atoms with Gasteiger partial charge in [-0.3, -0.25) is 0 Å².